The Bertz CT molecular complexity index is 361. The molecule has 2 aliphatic rings. The maximum absolute atomic E-state index is 5.22. The number of hydrogen-bond donors (Lipinski definition) is 1. The van der Waals surface area contributed by atoms with Gasteiger partial charge in [0, 0.05) is 23.7 Å². The zero-order chi connectivity index (χ0) is 9.54. The molecule has 2 heteroatoms. The summed E-state index contributed by atoms with van der Waals surface area (Å²) in [6.45, 7) is 0. The van der Waals surface area contributed by atoms with Crippen LogP contribution in [-0.2, 0) is 0 Å². The topological polar surface area (TPSA) is 21.3 Å². The summed E-state index contributed by atoms with van der Waals surface area (Å²) in [5.74, 6) is 1.71. The molecular formula is C12H15NO. The fourth-order valence-electron chi connectivity index (χ4n) is 2.82. The molecule has 3 rings (SSSR count). The maximum atomic E-state index is 5.22. The molecule has 2 unspecified atom stereocenters. The highest BCUT2D eigenvalue weighted by molar-refractivity contribution is 5.62. The third-order valence-corrected chi connectivity index (χ3v) is 3.52. The van der Waals surface area contributed by atoms with Crippen LogP contribution in [0.4, 0.5) is 5.69 Å². The van der Waals surface area contributed by atoms with Crippen LogP contribution < -0.4 is 10.1 Å². The molecule has 2 nitrogen and oxygen atoms in total. The van der Waals surface area contributed by atoms with E-state index in [0.717, 1.165) is 11.7 Å². The van der Waals surface area contributed by atoms with E-state index in [4.69, 9.17) is 4.74 Å². The Morgan fingerprint density at radius 1 is 1.36 bits per heavy atom. The van der Waals surface area contributed by atoms with Crippen LogP contribution in [0, 0.1) is 0 Å². The third-order valence-electron chi connectivity index (χ3n) is 3.52. The number of anilines is 1. The second-order valence-corrected chi connectivity index (χ2v) is 4.24. The van der Waals surface area contributed by atoms with Crippen LogP contribution in [0.25, 0.3) is 0 Å². The summed E-state index contributed by atoms with van der Waals surface area (Å²) in [6, 6.07) is 7.10. The largest absolute Gasteiger partial charge is 0.497 e. The molecule has 1 aliphatic carbocycles. The van der Waals surface area contributed by atoms with Crippen LogP contribution in [0.15, 0.2) is 18.2 Å². The number of ether oxygens (including phenoxy) is 1. The molecule has 14 heavy (non-hydrogen) atoms. The molecule has 0 saturated heterocycles. The van der Waals surface area contributed by atoms with E-state index in [9.17, 15) is 0 Å². The van der Waals surface area contributed by atoms with E-state index in [1.54, 1.807) is 7.11 Å². The van der Waals surface area contributed by atoms with Crippen molar-refractivity contribution in [1.29, 1.82) is 0 Å². The summed E-state index contributed by atoms with van der Waals surface area (Å²) in [7, 11) is 1.72. The Morgan fingerprint density at radius 2 is 2.29 bits per heavy atom. The van der Waals surface area contributed by atoms with E-state index in [2.05, 4.69) is 23.5 Å². The predicted molar refractivity (Wildman–Crippen MR) is 57.0 cm³/mol. The van der Waals surface area contributed by atoms with Gasteiger partial charge in [-0.25, -0.2) is 0 Å². The minimum absolute atomic E-state index is 0.692. The molecule has 1 heterocycles. The molecule has 2 atom stereocenters. The molecule has 1 fully saturated rings. The summed E-state index contributed by atoms with van der Waals surface area (Å²) in [5, 5.41) is 3.59. The number of fused-ring (bicyclic) bond motifs is 3. The van der Waals surface area contributed by atoms with Crippen LogP contribution in [0.2, 0.25) is 0 Å². The molecule has 0 radical (unpaired) electrons. The second-order valence-electron chi connectivity index (χ2n) is 4.24. The first-order chi connectivity index (χ1) is 6.88. The number of nitrogens with one attached hydrogen (secondary N) is 1. The van der Waals surface area contributed by atoms with Gasteiger partial charge in [0.15, 0.2) is 0 Å². The van der Waals surface area contributed by atoms with Gasteiger partial charge in [0.2, 0.25) is 0 Å². The average Bonchev–Trinajstić information content (AvgIpc) is 2.75. The van der Waals surface area contributed by atoms with Crippen molar-refractivity contribution < 1.29 is 4.74 Å². The van der Waals surface area contributed by atoms with Gasteiger partial charge >= 0.3 is 0 Å². The summed E-state index contributed by atoms with van der Waals surface area (Å²) >= 11 is 0. The smallest absolute Gasteiger partial charge is 0.120 e. The molecular weight excluding hydrogens is 174 g/mol. The van der Waals surface area contributed by atoms with Crippen molar-refractivity contribution in [3.05, 3.63) is 23.8 Å². The summed E-state index contributed by atoms with van der Waals surface area (Å²) in [5.41, 5.74) is 2.78. The Labute approximate surface area is 84.3 Å². The van der Waals surface area contributed by atoms with Gasteiger partial charge in [-0.3, -0.25) is 0 Å². The Balaban J connectivity index is 2.01. The standard InChI is InChI=1S/C12H15NO/c1-14-8-5-6-10-9-3-2-4-11(9)13-12(10)7-8/h5-7,9,11,13H,2-4H2,1H3. The maximum Gasteiger partial charge on any atom is 0.120 e. The lowest BCUT2D eigenvalue weighted by Gasteiger charge is -2.07. The summed E-state index contributed by atoms with van der Waals surface area (Å²) < 4.78 is 5.22. The van der Waals surface area contributed by atoms with Crippen molar-refractivity contribution in [2.24, 2.45) is 0 Å². The SMILES string of the molecule is COc1ccc2c(c1)NC1CCCC21. The zero-order valence-corrected chi connectivity index (χ0v) is 8.42. The Kier molecular flexibility index (Phi) is 1.69. The van der Waals surface area contributed by atoms with Crippen LogP contribution in [0.3, 0.4) is 0 Å². The molecule has 1 aliphatic heterocycles. The minimum atomic E-state index is 0.692. The van der Waals surface area contributed by atoms with Gasteiger partial charge in [0.05, 0.1) is 7.11 Å². The lowest BCUT2D eigenvalue weighted by Crippen LogP contribution is -2.13. The lowest BCUT2D eigenvalue weighted by molar-refractivity contribution is 0.415. The quantitative estimate of drug-likeness (QED) is 0.733. The lowest BCUT2D eigenvalue weighted by atomic mass is 9.98. The Morgan fingerprint density at radius 3 is 3.14 bits per heavy atom. The van der Waals surface area contributed by atoms with Gasteiger partial charge in [-0.2, -0.15) is 0 Å². The van der Waals surface area contributed by atoms with Gasteiger partial charge in [0.1, 0.15) is 5.75 Å². The van der Waals surface area contributed by atoms with E-state index in [1.807, 2.05) is 0 Å². The molecule has 0 bridgehead atoms. The average molecular weight is 189 g/mol. The van der Waals surface area contributed by atoms with Gasteiger partial charge in [-0.15, -0.1) is 0 Å². The van der Waals surface area contributed by atoms with Crippen molar-refractivity contribution in [1.82, 2.24) is 0 Å². The predicted octanol–water partition coefficient (Wildman–Crippen LogP) is 2.76. The van der Waals surface area contributed by atoms with Crippen molar-refractivity contribution >= 4 is 5.69 Å². The number of hydrogen-bond acceptors (Lipinski definition) is 2. The van der Waals surface area contributed by atoms with Gasteiger partial charge < -0.3 is 10.1 Å². The van der Waals surface area contributed by atoms with Crippen LogP contribution >= 0.6 is 0 Å². The minimum Gasteiger partial charge on any atom is -0.497 e. The van der Waals surface area contributed by atoms with Crippen LogP contribution in [0.5, 0.6) is 5.75 Å². The van der Waals surface area contributed by atoms with Gasteiger partial charge in [-0.1, -0.05) is 12.5 Å². The monoisotopic (exact) mass is 189 g/mol. The highest BCUT2D eigenvalue weighted by Crippen LogP contribution is 2.46. The molecule has 1 N–H and O–H groups in total. The van der Waals surface area contributed by atoms with Crippen molar-refractivity contribution in [2.75, 3.05) is 12.4 Å². The highest BCUT2D eigenvalue weighted by Gasteiger charge is 2.35. The summed E-state index contributed by atoms with van der Waals surface area (Å²) in [6.07, 6.45) is 4.03. The van der Waals surface area contributed by atoms with E-state index >= 15 is 0 Å². The molecule has 1 aromatic carbocycles. The van der Waals surface area contributed by atoms with Crippen LogP contribution in [0.1, 0.15) is 30.7 Å². The second kappa shape index (κ2) is 2.91. The number of rotatable bonds is 1. The van der Waals surface area contributed by atoms with E-state index in [1.165, 1.54) is 30.5 Å². The highest BCUT2D eigenvalue weighted by atomic mass is 16.5. The van der Waals surface area contributed by atoms with Crippen LogP contribution in [-0.4, -0.2) is 13.2 Å². The molecule has 74 valence electrons. The fourth-order valence-corrected chi connectivity index (χ4v) is 2.82. The first-order valence-corrected chi connectivity index (χ1v) is 5.33. The van der Waals surface area contributed by atoms with E-state index < -0.39 is 0 Å². The van der Waals surface area contributed by atoms with Crippen molar-refractivity contribution in [3.8, 4) is 5.75 Å². The molecule has 1 saturated carbocycles. The molecule has 0 spiro atoms. The van der Waals surface area contributed by atoms with Gasteiger partial charge in [0.25, 0.3) is 0 Å². The number of benzene rings is 1. The van der Waals surface area contributed by atoms with E-state index in [0.29, 0.717) is 6.04 Å². The zero-order valence-electron chi connectivity index (χ0n) is 8.42. The Hall–Kier alpha value is -1.18. The molecule has 0 amide bonds. The number of methoxy groups -OCH3 is 1. The van der Waals surface area contributed by atoms with Gasteiger partial charge in [-0.05, 0) is 24.5 Å². The van der Waals surface area contributed by atoms with Crippen molar-refractivity contribution in [3.63, 3.8) is 0 Å². The van der Waals surface area contributed by atoms with E-state index in [-0.39, 0.29) is 0 Å². The summed E-state index contributed by atoms with van der Waals surface area (Å²) in [4.78, 5) is 0. The normalized spacial score (nSPS) is 28.1. The fraction of sp³-hybridized carbons (Fsp3) is 0.500. The third kappa shape index (κ3) is 1.03. The molecule has 0 aromatic heterocycles. The molecule has 1 aromatic rings. The van der Waals surface area contributed by atoms with Crippen molar-refractivity contribution in [2.45, 2.75) is 31.2 Å². The first kappa shape index (κ1) is 8.16. The first-order valence-electron chi connectivity index (χ1n) is 5.33.